The lowest BCUT2D eigenvalue weighted by atomic mass is 10.0. The highest BCUT2D eigenvalue weighted by Gasteiger charge is 2.24. The highest BCUT2D eigenvalue weighted by molar-refractivity contribution is 4.75. The molecule has 0 amide bonds. The van der Waals surface area contributed by atoms with E-state index in [-0.39, 0.29) is 0 Å². The predicted octanol–water partition coefficient (Wildman–Crippen LogP) is 2.88. The molecule has 3 nitrogen and oxygen atoms in total. The SMILES string of the molecule is CC1CC(OCCCNC2CCCC2)CC(C)O1. The van der Waals surface area contributed by atoms with Crippen LogP contribution in [0.25, 0.3) is 0 Å². The lowest BCUT2D eigenvalue weighted by molar-refractivity contribution is -0.102. The van der Waals surface area contributed by atoms with E-state index in [9.17, 15) is 0 Å². The van der Waals surface area contributed by atoms with Crippen molar-refractivity contribution in [1.29, 1.82) is 0 Å². The molecule has 0 bridgehead atoms. The first-order chi connectivity index (χ1) is 8.74. The first kappa shape index (κ1) is 14.3. The first-order valence-corrected chi connectivity index (χ1v) is 7.74. The van der Waals surface area contributed by atoms with Gasteiger partial charge in [-0.15, -0.1) is 0 Å². The van der Waals surface area contributed by atoms with Gasteiger partial charge in [0.1, 0.15) is 0 Å². The summed E-state index contributed by atoms with van der Waals surface area (Å²) in [6.07, 6.45) is 9.93. The molecule has 0 radical (unpaired) electrons. The molecule has 1 aliphatic carbocycles. The maximum Gasteiger partial charge on any atom is 0.0624 e. The Kier molecular flexibility index (Phi) is 5.93. The highest BCUT2D eigenvalue weighted by atomic mass is 16.5. The summed E-state index contributed by atoms with van der Waals surface area (Å²) in [6, 6.07) is 0.785. The quantitative estimate of drug-likeness (QED) is 0.740. The van der Waals surface area contributed by atoms with Crippen molar-refractivity contribution >= 4 is 0 Å². The van der Waals surface area contributed by atoms with Crippen molar-refractivity contribution < 1.29 is 9.47 Å². The fourth-order valence-electron chi connectivity index (χ4n) is 3.24. The zero-order valence-corrected chi connectivity index (χ0v) is 12.0. The number of ether oxygens (including phenoxy) is 2. The summed E-state index contributed by atoms with van der Waals surface area (Å²) in [5.74, 6) is 0. The van der Waals surface area contributed by atoms with Gasteiger partial charge in [-0.1, -0.05) is 12.8 Å². The molecule has 1 heterocycles. The van der Waals surface area contributed by atoms with Gasteiger partial charge >= 0.3 is 0 Å². The van der Waals surface area contributed by atoms with E-state index in [0.717, 1.165) is 38.5 Å². The molecule has 2 unspecified atom stereocenters. The van der Waals surface area contributed by atoms with Gasteiger partial charge < -0.3 is 14.8 Å². The molecule has 0 spiro atoms. The number of hydrogen-bond donors (Lipinski definition) is 1. The topological polar surface area (TPSA) is 30.5 Å². The second kappa shape index (κ2) is 7.46. The number of hydrogen-bond acceptors (Lipinski definition) is 3. The van der Waals surface area contributed by atoms with Crippen LogP contribution in [0, 0.1) is 0 Å². The minimum Gasteiger partial charge on any atom is -0.378 e. The van der Waals surface area contributed by atoms with Gasteiger partial charge in [-0.25, -0.2) is 0 Å². The van der Waals surface area contributed by atoms with Gasteiger partial charge in [-0.2, -0.15) is 0 Å². The average Bonchev–Trinajstić information content (AvgIpc) is 2.80. The molecule has 0 aromatic heterocycles. The van der Waals surface area contributed by atoms with Crippen molar-refractivity contribution in [2.24, 2.45) is 0 Å². The monoisotopic (exact) mass is 255 g/mol. The van der Waals surface area contributed by atoms with Crippen LogP contribution in [0.4, 0.5) is 0 Å². The molecule has 2 rings (SSSR count). The van der Waals surface area contributed by atoms with E-state index in [2.05, 4.69) is 19.2 Å². The Morgan fingerprint density at radius 1 is 1.11 bits per heavy atom. The van der Waals surface area contributed by atoms with Gasteiger partial charge in [-0.3, -0.25) is 0 Å². The Morgan fingerprint density at radius 3 is 2.44 bits per heavy atom. The van der Waals surface area contributed by atoms with Gasteiger partial charge in [0, 0.05) is 12.6 Å². The summed E-state index contributed by atoms with van der Waals surface area (Å²) in [5, 5.41) is 3.63. The molecule has 2 fully saturated rings. The van der Waals surface area contributed by atoms with E-state index in [4.69, 9.17) is 9.47 Å². The molecule has 1 aliphatic heterocycles. The Balaban J connectivity index is 1.49. The van der Waals surface area contributed by atoms with Crippen LogP contribution in [0.5, 0.6) is 0 Å². The minimum atomic E-state index is 0.357. The maximum absolute atomic E-state index is 5.97. The Labute approximate surface area is 112 Å². The maximum atomic E-state index is 5.97. The van der Waals surface area contributed by atoms with Gasteiger partial charge in [0.05, 0.1) is 18.3 Å². The zero-order valence-electron chi connectivity index (χ0n) is 12.0. The van der Waals surface area contributed by atoms with Crippen LogP contribution in [0.15, 0.2) is 0 Å². The van der Waals surface area contributed by atoms with Gasteiger partial charge in [-0.05, 0) is 52.5 Å². The summed E-state index contributed by atoms with van der Waals surface area (Å²) in [4.78, 5) is 0. The fraction of sp³-hybridized carbons (Fsp3) is 1.00. The van der Waals surface area contributed by atoms with Crippen LogP contribution in [-0.4, -0.2) is 37.5 Å². The third kappa shape index (κ3) is 4.87. The summed E-state index contributed by atoms with van der Waals surface area (Å²) in [6.45, 7) is 6.30. The van der Waals surface area contributed by atoms with E-state index in [1.54, 1.807) is 0 Å². The highest BCUT2D eigenvalue weighted by Crippen LogP contribution is 2.21. The van der Waals surface area contributed by atoms with Crippen LogP contribution in [0.1, 0.15) is 58.8 Å². The second-order valence-corrected chi connectivity index (χ2v) is 6.01. The third-order valence-electron chi connectivity index (χ3n) is 4.12. The lowest BCUT2D eigenvalue weighted by Crippen LogP contribution is -2.34. The summed E-state index contributed by atoms with van der Waals surface area (Å²) in [7, 11) is 0. The van der Waals surface area contributed by atoms with E-state index in [1.165, 1.54) is 25.7 Å². The lowest BCUT2D eigenvalue weighted by Gasteiger charge is -2.32. The van der Waals surface area contributed by atoms with Crippen LogP contribution in [-0.2, 0) is 9.47 Å². The Bertz CT molecular complexity index is 219. The van der Waals surface area contributed by atoms with Crippen molar-refractivity contribution in [2.45, 2.75) is 83.1 Å². The van der Waals surface area contributed by atoms with Crippen molar-refractivity contribution in [3.05, 3.63) is 0 Å². The molecular weight excluding hydrogens is 226 g/mol. The molecule has 3 heteroatoms. The number of nitrogens with one attached hydrogen (secondary N) is 1. The molecule has 1 N–H and O–H groups in total. The molecule has 2 aliphatic rings. The molecule has 1 saturated heterocycles. The van der Waals surface area contributed by atoms with Gasteiger partial charge in [0.2, 0.25) is 0 Å². The predicted molar refractivity (Wildman–Crippen MR) is 73.9 cm³/mol. The fourth-order valence-corrected chi connectivity index (χ4v) is 3.24. The summed E-state index contributed by atoms with van der Waals surface area (Å²) >= 11 is 0. The third-order valence-corrected chi connectivity index (χ3v) is 4.12. The zero-order chi connectivity index (χ0) is 12.8. The normalized spacial score (nSPS) is 34.0. The molecule has 0 aromatic carbocycles. The van der Waals surface area contributed by atoms with Crippen molar-refractivity contribution in [3.63, 3.8) is 0 Å². The van der Waals surface area contributed by atoms with Crippen LogP contribution < -0.4 is 5.32 Å². The molecule has 2 atom stereocenters. The summed E-state index contributed by atoms with van der Waals surface area (Å²) < 4.78 is 11.7. The van der Waals surface area contributed by atoms with E-state index in [0.29, 0.717) is 18.3 Å². The average molecular weight is 255 g/mol. The standard InChI is InChI=1S/C15H29NO2/c1-12-10-15(11-13(2)18-12)17-9-5-8-16-14-6-3-4-7-14/h12-16H,3-11H2,1-2H3. The van der Waals surface area contributed by atoms with Gasteiger partial charge in [0.15, 0.2) is 0 Å². The van der Waals surface area contributed by atoms with Gasteiger partial charge in [0.25, 0.3) is 0 Å². The summed E-state index contributed by atoms with van der Waals surface area (Å²) in [5.41, 5.74) is 0. The van der Waals surface area contributed by atoms with Crippen LogP contribution in [0.2, 0.25) is 0 Å². The van der Waals surface area contributed by atoms with Crippen molar-refractivity contribution in [3.8, 4) is 0 Å². The minimum absolute atomic E-state index is 0.357. The molecular formula is C15H29NO2. The Hall–Kier alpha value is -0.120. The largest absolute Gasteiger partial charge is 0.378 e. The Morgan fingerprint density at radius 2 is 1.78 bits per heavy atom. The first-order valence-electron chi connectivity index (χ1n) is 7.74. The molecule has 0 aromatic rings. The smallest absolute Gasteiger partial charge is 0.0624 e. The van der Waals surface area contributed by atoms with E-state index < -0.39 is 0 Å². The van der Waals surface area contributed by atoms with Crippen LogP contribution in [0.3, 0.4) is 0 Å². The second-order valence-electron chi connectivity index (χ2n) is 6.01. The van der Waals surface area contributed by atoms with Crippen LogP contribution >= 0.6 is 0 Å². The molecule has 18 heavy (non-hydrogen) atoms. The molecule has 106 valence electrons. The van der Waals surface area contributed by atoms with Crippen molar-refractivity contribution in [1.82, 2.24) is 5.32 Å². The van der Waals surface area contributed by atoms with Crippen molar-refractivity contribution in [2.75, 3.05) is 13.2 Å². The number of rotatable bonds is 6. The van der Waals surface area contributed by atoms with E-state index >= 15 is 0 Å². The van der Waals surface area contributed by atoms with E-state index in [1.807, 2.05) is 0 Å². The molecule has 1 saturated carbocycles.